The summed E-state index contributed by atoms with van der Waals surface area (Å²) in [6.07, 6.45) is 0. The minimum atomic E-state index is -0.769. The summed E-state index contributed by atoms with van der Waals surface area (Å²) in [4.78, 5) is 37.3. The third-order valence-electron chi connectivity index (χ3n) is 3.76. The fourth-order valence-corrected chi connectivity index (χ4v) is 3.44. The molecule has 138 valence electrons. The van der Waals surface area contributed by atoms with Gasteiger partial charge in [0, 0.05) is 23.1 Å². The van der Waals surface area contributed by atoms with Crippen LogP contribution in [0.5, 0.6) is 0 Å². The van der Waals surface area contributed by atoms with Crippen molar-refractivity contribution in [3.63, 3.8) is 0 Å². The van der Waals surface area contributed by atoms with E-state index in [-0.39, 0.29) is 22.7 Å². The molecule has 7 nitrogen and oxygen atoms in total. The number of ether oxygens (including phenoxy) is 1. The highest BCUT2D eigenvalue weighted by atomic mass is 35.5. The molecule has 0 radical (unpaired) electrons. The maximum atomic E-state index is 12.3. The molecule has 0 bridgehead atoms. The van der Waals surface area contributed by atoms with Gasteiger partial charge in [-0.1, -0.05) is 17.7 Å². The van der Waals surface area contributed by atoms with Crippen LogP contribution in [0.4, 0.5) is 5.69 Å². The van der Waals surface area contributed by atoms with Gasteiger partial charge in [0.15, 0.2) is 6.61 Å². The number of nitro groups is 1. The monoisotopic (exact) mass is 396 g/mol. The van der Waals surface area contributed by atoms with Crippen molar-refractivity contribution in [3.05, 3.63) is 60.8 Å². The number of carbonyl (C=O) groups excluding carboxylic acids is 2. The van der Waals surface area contributed by atoms with Crippen LogP contribution >= 0.6 is 22.9 Å². The lowest BCUT2D eigenvalue weighted by atomic mass is 10.1. The van der Waals surface area contributed by atoms with E-state index < -0.39 is 17.5 Å². The molecule has 0 N–H and O–H groups in total. The van der Waals surface area contributed by atoms with Crippen molar-refractivity contribution in [2.45, 2.75) is 20.4 Å². The van der Waals surface area contributed by atoms with Gasteiger partial charge in [0.25, 0.3) is 11.6 Å². The van der Waals surface area contributed by atoms with Crippen molar-refractivity contribution >= 4 is 40.5 Å². The predicted molar refractivity (Wildman–Crippen MR) is 98.5 cm³/mol. The summed E-state index contributed by atoms with van der Waals surface area (Å²) in [6, 6.07) is 7.73. The fourth-order valence-electron chi connectivity index (χ4n) is 2.34. The maximum absolute atomic E-state index is 12.3. The Labute approximate surface area is 159 Å². The molecule has 0 saturated heterocycles. The van der Waals surface area contributed by atoms with Gasteiger partial charge in [-0.2, -0.15) is 0 Å². The summed E-state index contributed by atoms with van der Waals surface area (Å²) in [5.41, 5.74) is 0.103. The van der Waals surface area contributed by atoms with Crippen LogP contribution in [-0.4, -0.2) is 34.9 Å². The topological polar surface area (TPSA) is 89.8 Å². The van der Waals surface area contributed by atoms with E-state index in [1.807, 2.05) is 13.0 Å². The maximum Gasteiger partial charge on any atom is 0.339 e. The number of halogens is 1. The van der Waals surface area contributed by atoms with E-state index in [1.54, 1.807) is 6.07 Å². The molecule has 1 aromatic carbocycles. The van der Waals surface area contributed by atoms with Crippen LogP contribution in [0.15, 0.2) is 30.3 Å². The zero-order valence-electron chi connectivity index (χ0n) is 14.2. The molecular weight excluding hydrogens is 380 g/mol. The Morgan fingerprint density at radius 2 is 2.04 bits per heavy atom. The Kier molecular flexibility index (Phi) is 6.70. The molecule has 26 heavy (non-hydrogen) atoms. The zero-order valence-corrected chi connectivity index (χ0v) is 15.8. The Bertz CT molecular complexity index is 836. The molecule has 0 aliphatic carbocycles. The van der Waals surface area contributed by atoms with Gasteiger partial charge in [-0.25, -0.2) is 4.79 Å². The number of likely N-dealkylation sites (N-methyl/N-ethyl adjacent to an activating group) is 1. The summed E-state index contributed by atoms with van der Waals surface area (Å²) in [5.74, 6) is -1.12. The number of hydrogen-bond donors (Lipinski definition) is 0. The molecule has 0 aliphatic rings. The van der Waals surface area contributed by atoms with Crippen LogP contribution in [-0.2, 0) is 16.1 Å². The minimum absolute atomic E-state index is 0.0695. The first-order valence-electron chi connectivity index (χ1n) is 7.76. The first kappa shape index (κ1) is 19.9. The molecule has 1 amide bonds. The van der Waals surface area contributed by atoms with Gasteiger partial charge >= 0.3 is 5.97 Å². The lowest BCUT2D eigenvalue weighted by Crippen LogP contribution is -2.33. The third-order valence-corrected chi connectivity index (χ3v) is 4.97. The quantitative estimate of drug-likeness (QED) is 0.403. The van der Waals surface area contributed by atoms with Crippen LogP contribution in [0, 0.1) is 17.0 Å². The van der Waals surface area contributed by atoms with E-state index in [0.717, 1.165) is 4.88 Å². The number of hydrogen-bond acceptors (Lipinski definition) is 6. The van der Waals surface area contributed by atoms with Gasteiger partial charge in [-0.05, 0) is 32.0 Å². The molecule has 0 aliphatic heterocycles. The minimum Gasteiger partial charge on any atom is -0.452 e. The standard InChI is InChI=1S/C17H17ClN2O5S/c1-3-19(9-12-7-8-15(18)26-12)16(21)10-25-17(22)13-5-4-6-14(11(13)2)20(23)24/h4-8H,3,9-10H2,1-2H3. The predicted octanol–water partition coefficient (Wildman–Crippen LogP) is 3.82. The lowest BCUT2D eigenvalue weighted by Gasteiger charge is -2.20. The first-order valence-corrected chi connectivity index (χ1v) is 8.96. The molecule has 0 fully saturated rings. The lowest BCUT2D eigenvalue weighted by molar-refractivity contribution is -0.385. The van der Waals surface area contributed by atoms with Gasteiger partial charge in [-0.15, -0.1) is 11.3 Å². The van der Waals surface area contributed by atoms with Crippen LogP contribution in [0.3, 0.4) is 0 Å². The van der Waals surface area contributed by atoms with Crippen LogP contribution < -0.4 is 0 Å². The second kappa shape index (κ2) is 8.77. The second-order valence-electron chi connectivity index (χ2n) is 5.40. The SMILES string of the molecule is CCN(Cc1ccc(Cl)s1)C(=O)COC(=O)c1cccc([N+](=O)[O-])c1C. The number of carbonyl (C=O) groups is 2. The first-order chi connectivity index (χ1) is 12.3. The number of amides is 1. The van der Waals surface area contributed by atoms with Crippen molar-refractivity contribution in [1.82, 2.24) is 4.90 Å². The highest BCUT2D eigenvalue weighted by molar-refractivity contribution is 7.16. The number of rotatable bonds is 7. The summed E-state index contributed by atoms with van der Waals surface area (Å²) in [7, 11) is 0. The van der Waals surface area contributed by atoms with Crippen LogP contribution in [0.1, 0.15) is 27.7 Å². The highest BCUT2D eigenvalue weighted by Crippen LogP contribution is 2.23. The summed E-state index contributed by atoms with van der Waals surface area (Å²) in [6.45, 7) is 3.67. The van der Waals surface area contributed by atoms with Crippen molar-refractivity contribution < 1.29 is 19.2 Å². The molecule has 0 spiro atoms. The number of benzene rings is 1. The Morgan fingerprint density at radius 1 is 1.31 bits per heavy atom. The Morgan fingerprint density at radius 3 is 2.62 bits per heavy atom. The van der Waals surface area contributed by atoms with Gasteiger partial charge < -0.3 is 9.64 Å². The van der Waals surface area contributed by atoms with Crippen molar-refractivity contribution in [2.24, 2.45) is 0 Å². The Balaban J connectivity index is 2.00. The summed E-state index contributed by atoms with van der Waals surface area (Å²) < 4.78 is 5.69. The van der Waals surface area contributed by atoms with Crippen LogP contribution in [0.2, 0.25) is 4.34 Å². The Hall–Kier alpha value is -2.45. The van der Waals surface area contributed by atoms with Gasteiger partial charge in [0.05, 0.1) is 21.4 Å². The van der Waals surface area contributed by atoms with Gasteiger partial charge in [-0.3, -0.25) is 14.9 Å². The number of esters is 1. The van der Waals surface area contributed by atoms with E-state index >= 15 is 0 Å². The zero-order chi connectivity index (χ0) is 19.3. The van der Waals surface area contributed by atoms with E-state index in [2.05, 4.69) is 0 Å². The average Bonchev–Trinajstić information content (AvgIpc) is 3.02. The van der Waals surface area contributed by atoms with E-state index in [9.17, 15) is 19.7 Å². The van der Waals surface area contributed by atoms with Crippen molar-refractivity contribution in [1.29, 1.82) is 0 Å². The molecule has 0 unspecified atom stereocenters. The summed E-state index contributed by atoms with van der Waals surface area (Å²) >= 11 is 7.26. The largest absolute Gasteiger partial charge is 0.452 e. The molecular formula is C17H17ClN2O5S. The molecule has 0 saturated carbocycles. The van der Waals surface area contributed by atoms with Crippen LogP contribution in [0.25, 0.3) is 0 Å². The third kappa shape index (κ3) is 4.80. The van der Waals surface area contributed by atoms with Crippen molar-refractivity contribution in [2.75, 3.05) is 13.2 Å². The number of nitro benzene ring substituents is 1. The molecule has 1 aromatic heterocycles. The smallest absolute Gasteiger partial charge is 0.339 e. The van der Waals surface area contributed by atoms with Gasteiger partial charge in [0.2, 0.25) is 0 Å². The van der Waals surface area contributed by atoms with E-state index in [1.165, 1.54) is 41.4 Å². The normalized spacial score (nSPS) is 10.4. The van der Waals surface area contributed by atoms with E-state index in [0.29, 0.717) is 17.4 Å². The molecule has 9 heteroatoms. The average molecular weight is 397 g/mol. The van der Waals surface area contributed by atoms with Gasteiger partial charge in [0.1, 0.15) is 0 Å². The number of thiophene rings is 1. The molecule has 2 aromatic rings. The summed E-state index contributed by atoms with van der Waals surface area (Å²) in [5, 5.41) is 11.0. The fraction of sp³-hybridized carbons (Fsp3) is 0.294. The molecule has 0 atom stereocenters. The molecule has 2 rings (SSSR count). The van der Waals surface area contributed by atoms with E-state index in [4.69, 9.17) is 16.3 Å². The number of nitrogens with zero attached hydrogens (tertiary/aromatic N) is 2. The van der Waals surface area contributed by atoms with Crippen molar-refractivity contribution in [3.8, 4) is 0 Å². The molecule has 1 heterocycles. The highest BCUT2D eigenvalue weighted by Gasteiger charge is 2.21. The second-order valence-corrected chi connectivity index (χ2v) is 7.20.